The largest absolute Gasteiger partial charge is 0.305 e. The van der Waals surface area contributed by atoms with Crippen LogP contribution in [0, 0.1) is 21.8 Å². The first kappa shape index (κ1) is 15.0. The lowest BCUT2D eigenvalue weighted by molar-refractivity contribution is -0.387. The summed E-state index contributed by atoms with van der Waals surface area (Å²) >= 11 is 6.01. The highest BCUT2D eigenvalue weighted by Gasteiger charge is 2.18. The molecule has 1 aromatic carbocycles. The van der Waals surface area contributed by atoms with E-state index in [4.69, 9.17) is 11.6 Å². The Morgan fingerprint density at radius 3 is 2.70 bits per heavy atom. The summed E-state index contributed by atoms with van der Waals surface area (Å²) in [5.41, 5.74) is 1.24. The maximum Gasteiger partial charge on any atom is 0.305 e. The van der Waals surface area contributed by atoms with Crippen LogP contribution >= 0.6 is 11.6 Å². The molecule has 0 atom stereocenters. The van der Waals surface area contributed by atoms with Crippen LogP contribution < -0.4 is 0 Å². The second-order valence-electron chi connectivity index (χ2n) is 5.16. The van der Waals surface area contributed by atoms with E-state index in [1.165, 1.54) is 25.3 Å². The maximum atomic E-state index is 13.3. The molecule has 0 saturated heterocycles. The maximum absolute atomic E-state index is 13.3. The molecular weight excluding hydrogens is 281 g/mol. The van der Waals surface area contributed by atoms with Gasteiger partial charge in [0, 0.05) is 11.9 Å². The van der Waals surface area contributed by atoms with Crippen molar-refractivity contribution in [3.05, 3.63) is 45.3 Å². The highest BCUT2D eigenvalue weighted by Crippen LogP contribution is 2.32. The quantitative estimate of drug-likeness (QED) is 0.449. The average Bonchev–Trinajstić information content (AvgIpc) is 2.47. The molecule has 1 aliphatic rings. The molecule has 1 saturated carbocycles. The number of nitro groups is 1. The van der Waals surface area contributed by atoms with Crippen LogP contribution in [0.2, 0.25) is 0 Å². The normalized spacial score (nSPS) is 17.2. The third-order valence-corrected chi connectivity index (χ3v) is 4.11. The number of alkyl halides is 1. The number of benzene rings is 1. The molecule has 0 heterocycles. The van der Waals surface area contributed by atoms with Crippen LogP contribution in [0.4, 0.5) is 10.1 Å². The van der Waals surface area contributed by atoms with Crippen molar-refractivity contribution in [3.63, 3.8) is 0 Å². The molecule has 0 aromatic heterocycles. The molecule has 3 nitrogen and oxygen atoms in total. The predicted molar refractivity (Wildman–Crippen MR) is 78.3 cm³/mol. The smallest absolute Gasteiger partial charge is 0.258 e. The van der Waals surface area contributed by atoms with E-state index >= 15 is 0 Å². The van der Waals surface area contributed by atoms with Crippen LogP contribution in [0.15, 0.2) is 23.8 Å². The molecule has 0 unspecified atom stereocenters. The molecule has 20 heavy (non-hydrogen) atoms. The van der Waals surface area contributed by atoms with Crippen molar-refractivity contribution in [2.45, 2.75) is 32.1 Å². The van der Waals surface area contributed by atoms with Gasteiger partial charge in [0.15, 0.2) is 0 Å². The number of halogens is 2. The summed E-state index contributed by atoms with van der Waals surface area (Å²) in [6, 6.07) is 3.96. The second-order valence-corrected chi connectivity index (χ2v) is 5.42. The summed E-state index contributed by atoms with van der Waals surface area (Å²) in [4.78, 5) is 10.0. The molecule has 2 rings (SSSR count). The lowest BCUT2D eigenvalue weighted by Gasteiger charge is -2.23. The SMILES string of the molecule is O=[N+]([O-])c1cc(/C=C(/CCl)C2CCCCC2)ccc1F. The Balaban J connectivity index is 2.27. The van der Waals surface area contributed by atoms with Crippen LogP contribution in [0.5, 0.6) is 0 Å². The first-order chi connectivity index (χ1) is 9.61. The monoisotopic (exact) mass is 297 g/mol. The van der Waals surface area contributed by atoms with E-state index in [1.807, 2.05) is 6.08 Å². The Kier molecular flexibility index (Phi) is 5.12. The second kappa shape index (κ2) is 6.84. The molecule has 1 aromatic rings. The van der Waals surface area contributed by atoms with Gasteiger partial charge in [-0.3, -0.25) is 10.1 Å². The highest BCUT2D eigenvalue weighted by molar-refractivity contribution is 6.19. The molecule has 108 valence electrons. The zero-order chi connectivity index (χ0) is 14.5. The van der Waals surface area contributed by atoms with Crippen molar-refractivity contribution >= 4 is 23.4 Å². The van der Waals surface area contributed by atoms with Gasteiger partial charge in [0.1, 0.15) is 0 Å². The summed E-state index contributed by atoms with van der Waals surface area (Å²) in [6.07, 6.45) is 7.75. The minimum atomic E-state index is -0.808. The zero-order valence-corrected chi connectivity index (χ0v) is 11.9. The van der Waals surface area contributed by atoms with Gasteiger partial charge in [0.2, 0.25) is 5.82 Å². The van der Waals surface area contributed by atoms with Gasteiger partial charge in [0.25, 0.3) is 0 Å². The number of hydrogen-bond donors (Lipinski definition) is 0. The summed E-state index contributed by atoms with van der Waals surface area (Å²) in [5, 5.41) is 10.7. The van der Waals surface area contributed by atoms with Crippen LogP contribution in [0.25, 0.3) is 6.08 Å². The van der Waals surface area contributed by atoms with E-state index in [2.05, 4.69) is 0 Å². The summed E-state index contributed by atoms with van der Waals surface area (Å²) in [7, 11) is 0. The predicted octanol–water partition coefficient (Wildman–Crippen LogP) is 4.94. The topological polar surface area (TPSA) is 43.1 Å². The van der Waals surface area contributed by atoms with E-state index in [0.29, 0.717) is 17.4 Å². The van der Waals surface area contributed by atoms with Gasteiger partial charge in [-0.1, -0.05) is 37.0 Å². The van der Waals surface area contributed by atoms with Crippen LogP contribution in [-0.2, 0) is 0 Å². The Bertz CT molecular complexity index is 525. The van der Waals surface area contributed by atoms with Crippen LogP contribution in [0.3, 0.4) is 0 Å². The lowest BCUT2D eigenvalue weighted by atomic mass is 9.83. The first-order valence-corrected chi connectivity index (χ1v) is 7.35. The molecule has 1 fully saturated rings. The number of rotatable bonds is 4. The standard InChI is InChI=1S/C15H17ClFNO2/c16-10-13(12-4-2-1-3-5-12)8-11-6-7-14(17)15(9-11)18(19)20/h6-9,12H,1-5,10H2/b13-8-. The summed E-state index contributed by atoms with van der Waals surface area (Å²) in [6.45, 7) is 0. The Labute approximate surface area is 122 Å². The van der Waals surface area contributed by atoms with Crippen molar-refractivity contribution in [1.29, 1.82) is 0 Å². The Morgan fingerprint density at radius 2 is 2.10 bits per heavy atom. The molecule has 0 spiro atoms. The summed E-state index contributed by atoms with van der Waals surface area (Å²) < 4.78 is 13.3. The average molecular weight is 298 g/mol. The van der Waals surface area contributed by atoms with Gasteiger partial charge in [-0.25, -0.2) is 0 Å². The van der Waals surface area contributed by atoms with E-state index in [9.17, 15) is 14.5 Å². The fraction of sp³-hybridized carbons (Fsp3) is 0.467. The van der Waals surface area contributed by atoms with E-state index < -0.39 is 16.4 Å². The van der Waals surface area contributed by atoms with Crippen molar-refractivity contribution in [2.75, 3.05) is 5.88 Å². The molecule has 0 aliphatic heterocycles. The van der Waals surface area contributed by atoms with Gasteiger partial charge in [-0.15, -0.1) is 11.6 Å². The molecule has 0 radical (unpaired) electrons. The third-order valence-electron chi connectivity index (χ3n) is 3.80. The van der Waals surface area contributed by atoms with Gasteiger partial charge in [0.05, 0.1) is 4.92 Å². The molecule has 0 amide bonds. The minimum Gasteiger partial charge on any atom is -0.258 e. The van der Waals surface area contributed by atoms with Crippen molar-refractivity contribution in [1.82, 2.24) is 0 Å². The fourth-order valence-electron chi connectivity index (χ4n) is 2.71. The van der Waals surface area contributed by atoms with Crippen LogP contribution in [-0.4, -0.2) is 10.8 Å². The number of nitro benzene ring substituents is 1. The molecule has 0 N–H and O–H groups in total. The van der Waals surface area contributed by atoms with Gasteiger partial charge in [-0.05, 0) is 30.4 Å². The minimum absolute atomic E-state index is 0.413. The first-order valence-electron chi connectivity index (χ1n) is 6.82. The van der Waals surface area contributed by atoms with Gasteiger partial charge >= 0.3 is 5.69 Å². The van der Waals surface area contributed by atoms with E-state index in [-0.39, 0.29) is 0 Å². The van der Waals surface area contributed by atoms with Crippen molar-refractivity contribution < 1.29 is 9.31 Å². The Hall–Kier alpha value is -1.42. The van der Waals surface area contributed by atoms with E-state index in [0.717, 1.165) is 24.5 Å². The molecule has 1 aliphatic carbocycles. The molecule has 5 heteroatoms. The molecule has 0 bridgehead atoms. The number of allylic oxidation sites excluding steroid dienone is 1. The summed E-state index contributed by atoms with van der Waals surface area (Å²) in [5.74, 6) is 0.0538. The van der Waals surface area contributed by atoms with Gasteiger partial charge in [-0.2, -0.15) is 4.39 Å². The highest BCUT2D eigenvalue weighted by atomic mass is 35.5. The van der Waals surface area contributed by atoms with Crippen molar-refractivity contribution in [3.8, 4) is 0 Å². The zero-order valence-electron chi connectivity index (χ0n) is 11.1. The van der Waals surface area contributed by atoms with Gasteiger partial charge < -0.3 is 0 Å². The number of hydrogen-bond acceptors (Lipinski definition) is 2. The fourth-order valence-corrected chi connectivity index (χ4v) is 3.01. The van der Waals surface area contributed by atoms with Crippen LogP contribution in [0.1, 0.15) is 37.7 Å². The lowest BCUT2D eigenvalue weighted by Crippen LogP contribution is -2.10. The Morgan fingerprint density at radius 1 is 1.40 bits per heavy atom. The third kappa shape index (κ3) is 3.57. The van der Waals surface area contributed by atoms with Crippen molar-refractivity contribution in [2.24, 2.45) is 5.92 Å². The molecular formula is C15H17ClFNO2. The number of nitrogens with zero attached hydrogens (tertiary/aromatic N) is 1. The van der Waals surface area contributed by atoms with E-state index in [1.54, 1.807) is 6.07 Å².